The Morgan fingerprint density at radius 2 is 1.78 bits per heavy atom. The number of halogens is 1. The lowest BCUT2D eigenvalue weighted by Crippen LogP contribution is -2.53. The van der Waals surface area contributed by atoms with Crippen LogP contribution in [0.2, 0.25) is 0 Å². The quantitative estimate of drug-likeness (QED) is 0.675. The van der Waals surface area contributed by atoms with Crippen LogP contribution in [0.25, 0.3) is 0 Å². The summed E-state index contributed by atoms with van der Waals surface area (Å²) in [6.07, 6.45) is 0.780. The second kappa shape index (κ2) is 8.50. The van der Waals surface area contributed by atoms with Crippen LogP contribution in [-0.2, 0) is 11.2 Å². The van der Waals surface area contributed by atoms with Crippen LogP contribution in [0.1, 0.15) is 19.4 Å². The Morgan fingerprint density at radius 1 is 1.17 bits per heavy atom. The van der Waals surface area contributed by atoms with Gasteiger partial charge in [-0.1, -0.05) is 12.1 Å². The standard InChI is InChI=1S/C17H25FN4O/c1-3-19-17(22-12-10-21(11-13-22)14(2)23)20-9-8-15-4-6-16(18)7-5-15/h4-7H,3,8-13H2,1-2H3,(H,19,20). The second-order valence-electron chi connectivity index (χ2n) is 5.61. The van der Waals surface area contributed by atoms with Crippen molar-refractivity contribution in [1.82, 2.24) is 15.1 Å². The van der Waals surface area contributed by atoms with Crippen molar-refractivity contribution in [3.63, 3.8) is 0 Å². The predicted octanol–water partition coefficient (Wildman–Crippen LogP) is 1.50. The number of amides is 1. The normalized spacial score (nSPS) is 15.7. The van der Waals surface area contributed by atoms with Crippen LogP contribution >= 0.6 is 0 Å². The number of piperazine rings is 1. The summed E-state index contributed by atoms with van der Waals surface area (Å²) in [5.74, 6) is 0.801. The largest absolute Gasteiger partial charge is 0.357 e. The fraction of sp³-hybridized carbons (Fsp3) is 0.529. The third kappa shape index (κ3) is 5.23. The first kappa shape index (κ1) is 17.2. The first-order valence-corrected chi connectivity index (χ1v) is 8.13. The molecule has 1 N–H and O–H groups in total. The highest BCUT2D eigenvalue weighted by molar-refractivity contribution is 5.80. The molecule has 0 saturated carbocycles. The van der Waals surface area contributed by atoms with E-state index in [0.29, 0.717) is 6.54 Å². The van der Waals surface area contributed by atoms with Crippen molar-refractivity contribution >= 4 is 11.9 Å². The van der Waals surface area contributed by atoms with Crippen LogP contribution in [0, 0.1) is 5.82 Å². The summed E-state index contributed by atoms with van der Waals surface area (Å²) >= 11 is 0. The van der Waals surface area contributed by atoms with Crippen LogP contribution < -0.4 is 5.32 Å². The summed E-state index contributed by atoms with van der Waals surface area (Å²) < 4.78 is 12.9. The van der Waals surface area contributed by atoms with Gasteiger partial charge < -0.3 is 15.1 Å². The molecule has 1 fully saturated rings. The Morgan fingerprint density at radius 3 is 2.35 bits per heavy atom. The minimum absolute atomic E-state index is 0.128. The van der Waals surface area contributed by atoms with E-state index < -0.39 is 0 Å². The number of carbonyl (C=O) groups is 1. The summed E-state index contributed by atoms with van der Waals surface area (Å²) in [4.78, 5) is 20.1. The van der Waals surface area contributed by atoms with Crippen molar-refractivity contribution in [2.75, 3.05) is 39.3 Å². The van der Waals surface area contributed by atoms with Crippen LogP contribution in [0.5, 0.6) is 0 Å². The monoisotopic (exact) mass is 320 g/mol. The van der Waals surface area contributed by atoms with Gasteiger partial charge in [0.05, 0.1) is 0 Å². The average molecular weight is 320 g/mol. The summed E-state index contributed by atoms with van der Waals surface area (Å²) in [5, 5.41) is 3.30. The zero-order chi connectivity index (χ0) is 16.7. The zero-order valence-corrected chi connectivity index (χ0v) is 13.9. The van der Waals surface area contributed by atoms with Gasteiger partial charge in [-0.3, -0.25) is 9.79 Å². The summed E-state index contributed by atoms with van der Waals surface area (Å²) in [6, 6.07) is 6.54. The molecule has 0 spiro atoms. The van der Waals surface area contributed by atoms with E-state index in [1.165, 1.54) is 12.1 Å². The molecule has 1 aliphatic heterocycles. The van der Waals surface area contributed by atoms with Gasteiger partial charge in [0.1, 0.15) is 5.82 Å². The maximum atomic E-state index is 12.9. The highest BCUT2D eigenvalue weighted by Crippen LogP contribution is 2.05. The smallest absolute Gasteiger partial charge is 0.219 e. The minimum Gasteiger partial charge on any atom is -0.357 e. The summed E-state index contributed by atoms with van der Waals surface area (Å²) in [7, 11) is 0. The molecule has 0 radical (unpaired) electrons. The van der Waals surface area contributed by atoms with Gasteiger partial charge in [0.15, 0.2) is 5.96 Å². The Balaban J connectivity index is 1.89. The van der Waals surface area contributed by atoms with Gasteiger partial charge in [-0.25, -0.2) is 4.39 Å². The number of nitrogens with zero attached hydrogens (tertiary/aromatic N) is 3. The molecule has 2 rings (SSSR count). The molecule has 1 aromatic carbocycles. The molecular weight excluding hydrogens is 295 g/mol. The van der Waals surface area contributed by atoms with E-state index in [-0.39, 0.29) is 11.7 Å². The number of guanidine groups is 1. The molecule has 0 bridgehead atoms. The Labute approximate surface area is 137 Å². The SMILES string of the molecule is CCNC(=NCCc1ccc(F)cc1)N1CCN(C(C)=O)CC1. The van der Waals surface area contributed by atoms with Gasteiger partial charge in [0, 0.05) is 46.2 Å². The number of rotatable bonds is 4. The second-order valence-corrected chi connectivity index (χ2v) is 5.61. The zero-order valence-electron chi connectivity index (χ0n) is 13.9. The van der Waals surface area contributed by atoms with E-state index in [2.05, 4.69) is 15.2 Å². The third-order valence-electron chi connectivity index (χ3n) is 3.93. The lowest BCUT2D eigenvalue weighted by atomic mass is 10.1. The molecular formula is C17H25FN4O. The van der Waals surface area contributed by atoms with Crippen molar-refractivity contribution in [1.29, 1.82) is 0 Å². The van der Waals surface area contributed by atoms with Gasteiger partial charge >= 0.3 is 0 Å². The van der Waals surface area contributed by atoms with E-state index in [9.17, 15) is 9.18 Å². The Bertz CT molecular complexity index is 536. The van der Waals surface area contributed by atoms with Crippen molar-refractivity contribution in [2.24, 2.45) is 4.99 Å². The van der Waals surface area contributed by atoms with Crippen molar-refractivity contribution < 1.29 is 9.18 Å². The number of aliphatic imine (C=N–C) groups is 1. The molecule has 1 aromatic rings. The number of benzene rings is 1. The molecule has 0 unspecified atom stereocenters. The Kier molecular flexibility index (Phi) is 6.38. The van der Waals surface area contributed by atoms with E-state index >= 15 is 0 Å². The molecule has 0 aromatic heterocycles. The van der Waals surface area contributed by atoms with E-state index in [4.69, 9.17) is 0 Å². The first-order chi connectivity index (χ1) is 11.1. The molecule has 0 aliphatic carbocycles. The van der Waals surface area contributed by atoms with Crippen molar-refractivity contribution in [3.05, 3.63) is 35.6 Å². The predicted molar refractivity (Wildman–Crippen MR) is 89.9 cm³/mol. The molecule has 126 valence electrons. The minimum atomic E-state index is -0.214. The lowest BCUT2D eigenvalue weighted by molar-refractivity contribution is -0.130. The average Bonchev–Trinajstić information content (AvgIpc) is 2.56. The highest BCUT2D eigenvalue weighted by atomic mass is 19.1. The Hall–Kier alpha value is -2.11. The molecule has 5 nitrogen and oxygen atoms in total. The van der Waals surface area contributed by atoms with Gasteiger partial charge in [-0.15, -0.1) is 0 Å². The molecule has 1 aliphatic rings. The third-order valence-corrected chi connectivity index (χ3v) is 3.93. The van der Waals surface area contributed by atoms with Gasteiger partial charge in [0.2, 0.25) is 5.91 Å². The maximum absolute atomic E-state index is 12.9. The van der Waals surface area contributed by atoms with Crippen LogP contribution in [-0.4, -0.2) is 60.9 Å². The number of nitrogens with one attached hydrogen (secondary N) is 1. The van der Waals surface area contributed by atoms with Crippen molar-refractivity contribution in [2.45, 2.75) is 20.3 Å². The topological polar surface area (TPSA) is 47.9 Å². The number of hydrogen-bond acceptors (Lipinski definition) is 2. The number of hydrogen-bond donors (Lipinski definition) is 1. The fourth-order valence-electron chi connectivity index (χ4n) is 2.60. The van der Waals surface area contributed by atoms with E-state index in [0.717, 1.165) is 50.7 Å². The lowest BCUT2D eigenvalue weighted by Gasteiger charge is -2.36. The van der Waals surface area contributed by atoms with Gasteiger partial charge in [0.25, 0.3) is 0 Å². The van der Waals surface area contributed by atoms with Gasteiger partial charge in [-0.05, 0) is 31.0 Å². The molecule has 1 saturated heterocycles. The van der Waals surface area contributed by atoms with Gasteiger partial charge in [-0.2, -0.15) is 0 Å². The van der Waals surface area contributed by atoms with Crippen molar-refractivity contribution in [3.8, 4) is 0 Å². The maximum Gasteiger partial charge on any atom is 0.219 e. The molecule has 0 atom stereocenters. The molecule has 23 heavy (non-hydrogen) atoms. The number of carbonyl (C=O) groups excluding carboxylic acids is 1. The van der Waals surface area contributed by atoms with Crippen LogP contribution in [0.3, 0.4) is 0 Å². The molecule has 1 heterocycles. The molecule has 6 heteroatoms. The first-order valence-electron chi connectivity index (χ1n) is 8.13. The van der Waals surface area contributed by atoms with Crippen LogP contribution in [0.4, 0.5) is 4.39 Å². The summed E-state index contributed by atoms with van der Waals surface area (Å²) in [6.45, 7) is 8.17. The molecule has 1 amide bonds. The van der Waals surface area contributed by atoms with E-state index in [1.54, 1.807) is 19.1 Å². The van der Waals surface area contributed by atoms with Crippen LogP contribution in [0.15, 0.2) is 29.3 Å². The summed E-state index contributed by atoms with van der Waals surface area (Å²) in [5.41, 5.74) is 1.08. The van der Waals surface area contributed by atoms with E-state index in [1.807, 2.05) is 11.8 Å². The highest BCUT2D eigenvalue weighted by Gasteiger charge is 2.20. The fourth-order valence-corrected chi connectivity index (χ4v) is 2.60.